The van der Waals surface area contributed by atoms with Crippen LogP contribution in [0.3, 0.4) is 0 Å². The first-order valence-electron chi connectivity index (χ1n) is 9.07. The van der Waals surface area contributed by atoms with Crippen LogP contribution < -0.4 is 0 Å². The fourth-order valence-electron chi connectivity index (χ4n) is 3.77. The molecule has 1 saturated carbocycles. The SMILES string of the molecule is CON=C1CCC2(CC1)C(O)=C(c1ccccc1C)C(=O)N2OC(C)OC. The number of hydroxylamine groups is 2. The van der Waals surface area contributed by atoms with Crippen LogP contribution in [0, 0.1) is 6.92 Å². The maximum atomic E-state index is 13.3. The molecule has 1 aromatic rings. The fraction of sp³-hybridized carbons (Fsp3) is 0.500. The van der Waals surface area contributed by atoms with Crippen molar-refractivity contribution in [2.75, 3.05) is 14.2 Å². The molecule has 1 aliphatic carbocycles. The Morgan fingerprint density at radius 1 is 1.22 bits per heavy atom. The van der Waals surface area contributed by atoms with Crippen molar-refractivity contribution in [2.24, 2.45) is 5.16 Å². The molecular formula is C20H26N2O5. The number of carbonyl (C=O) groups excluding carboxylic acids is 1. The van der Waals surface area contributed by atoms with E-state index in [9.17, 15) is 9.90 Å². The molecule has 0 radical (unpaired) electrons. The molecule has 1 fully saturated rings. The number of carbonyl (C=O) groups is 1. The number of hydrogen-bond donors (Lipinski definition) is 1. The van der Waals surface area contributed by atoms with Crippen molar-refractivity contribution in [3.05, 3.63) is 41.2 Å². The standard InChI is InChI=1S/C20H26N2O5/c1-13-7-5-6-8-16(13)17-18(23)20(11-9-15(10-12-20)21-26-4)22(19(17)24)27-14(2)25-3/h5-8,14,23H,9-12H2,1-4H3. The van der Waals surface area contributed by atoms with Gasteiger partial charge in [-0.3, -0.25) is 4.79 Å². The first-order chi connectivity index (χ1) is 12.9. The maximum absolute atomic E-state index is 13.3. The van der Waals surface area contributed by atoms with Crippen molar-refractivity contribution in [3.63, 3.8) is 0 Å². The molecule has 2 aliphatic rings. The fourth-order valence-corrected chi connectivity index (χ4v) is 3.77. The number of hydrogen-bond acceptors (Lipinski definition) is 6. The molecule has 1 aromatic carbocycles. The van der Waals surface area contributed by atoms with Crippen molar-refractivity contribution in [2.45, 2.75) is 51.4 Å². The number of oxime groups is 1. The van der Waals surface area contributed by atoms with Crippen molar-refractivity contribution in [3.8, 4) is 0 Å². The smallest absolute Gasteiger partial charge is 0.282 e. The molecule has 1 spiro atoms. The summed E-state index contributed by atoms with van der Waals surface area (Å²) in [7, 11) is 3.03. The van der Waals surface area contributed by atoms with E-state index in [1.807, 2.05) is 31.2 Å². The molecule has 1 heterocycles. The molecule has 1 amide bonds. The van der Waals surface area contributed by atoms with Gasteiger partial charge >= 0.3 is 0 Å². The molecular weight excluding hydrogens is 348 g/mol. The normalized spacial score (nSPS) is 23.9. The Hall–Kier alpha value is -2.38. The van der Waals surface area contributed by atoms with Gasteiger partial charge in [0, 0.05) is 7.11 Å². The minimum atomic E-state index is -0.922. The second-order valence-electron chi connectivity index (χ2n) is 6.92. The Bertz CT molecular complexity index is 776. The highest BCUT2D eigenvalue weighted by Crippen LogP contribution is 2.47. The lowest BCUT2D eigenvalue weighted by Crippen LogP contribution is -2.52. The third-order valence-electron chi connectivity index (χ3n) is 5.34. The van der Waals surface area contributed by atoms with Gasteiger partial charge in [-0.15, -0.1) is 0 Å². The number of aryl methyl sites for hydroxylation is 1. The van der Waals surface area contributed by atoms with E-state index in [1.165, 1.54) is 19.3 Å². The van der Waals surface area contributed by atoms with E-state index in [0.29, 0.717) is 36.8 Å². The average Bonchev–Trinajstić information content (AvgIpc) is 2.86. The van der Waals surface area contributed by atoms with Gasteiger partial charge < -0.3 is 14.7 Å². The van der Waals surface area contributed by atoms with E-state index in [4.69, 9.17) is 14.4 Å². The van der Waals surface area contributed by atoms with Crippen LogP contribution in [-0.4, -0.2) is 47.8 Å². The van der Waals surface area contributed by atoms with Crippen LogP contribution in [0.15, 0.2) is 35.2 Å². The molecule has 1 N–H and O–H groups in total. The van der Waals surface area contributed by atoms with Gasteiger partial charge in [0.25, 0.3) is 5.91 Å². The number of ether oxygens (including phenoxy) is 1. The lowest BCUT2D eigenvalue weighted by atomic mass is 9.79. The maximum Gasteiger partial charge on any atom is 0.282 e. The molecule has 0 bridgehead atoms. The first kappa shape index (κ1) is 19.4. The highest BCUT2D eigenvalue weighted by molar-refractivity contribution is 6.23. The van der Waals surface area contributed by atoms with E-state index >= 15 is 0 Å². The van der Waals surface area contributed by atoms with Crippen molar-refractivity contribution in [1.82, 2.24) is 5.06 Å². The van der Waals surface area contributed by atoms with Crippen LogP contribution >= 0.6 is 0 Å². The summed E-state index contributed by atoms with van der Waals surface area (Å²) in [5, 5.41) is 16.5. The summed E-state index contributed by atoms with van der Waals surface area (Å²) in [6.07, 6.45) is 1.59. The molecule has 7 heteroatoms. The van der Waals surface area contributed by atoms with Crippen molar-refractivity contribution in [1.29, 1.82) is 0 Å². The van der Waals surface area contributed by atoms with Gasteiger partial charge in [0.1, 0.15) is 18.4 Å². The van der Waals surface area contributed by atoms with E-state index in [-0.39, 0.29) is 11.7 Å². The number of methoxy groups -OCH3 is 1. The zero-order valence-corrected chi connectivity index (χ0v) is 16.2. The topological polar surface area (TPSA) is 80.6 Å². The van der Waals surface area contributed by atoms with Crippen LogP contribution in [0.5, 0.6) is 0 Å². The van der Waals surface area contributed by atoms with Gasteiger partial charge in [-0.1, -0.05) is 29.4 Å². The summed E-state index contributed by atoms with van der Waals surface area (Å²) in [6.45, 7) is 3.63. The van der Waals surface area contributed by atoms with Gasteiger partial charge in [-0.25, -0.2) is 9.90 Å². The molecule has 27 heavy (non-hydrogen) atoms. The van der Waals surface area contributed by atoms with Crippen molar-refractivity contribution < 1.29 is 24.3 Å². The molecule has 7 nitrogen and oxygen atoms in total. The van der Waals surface area contributed by atoms with Crippen LogP contribution in [0.1, 0.15) is 43.7 Å². The lowest BCUT2D eigenvalue weighted by Gasteiger charge is -2.41. The number of aliphatic hydroxyl groups is 1. The Balaban J connectivity index is 2.05. The summed E-state index contributed by atoms with van der Waals surface area (Å²) in [4.78, 5) is 24.0. The third kappa shape index (κ3) is 3.33. The molecule has 1 atom stereocenters. The minimum Gasteiger partial charge on any atom is -0.509 e. The number of benzene rings is 1. The van der Waals surface area contributed by atoms with Gasteiger partial charge in [0.15, 0.2) is 6.29 Å². The number of nitrogens with zero attached hydrogens (tertiary/aromatic N) is 2. The van der Waals surface area contributed by atoms with Gasteiger partial charge in [-0.05, 0) is 50.7 Å². The van der Waals surface area contributed by atoms with Crippen LogP contribution in [0.4, 0.5) is 0 Å². The lowest BCUT2D eigenvalue weighted by molar-refractivity contribution is -0.283. The largest absolute Gasteiger partial charge is 0.509 e. The average molecular weight is 374 g/mol. The highest BCUT2D eigenvalue weighted by Gasteiger charge is 2.55. The van der Waals surface area contributed by atoms with E-state index in [1.54, 1.807) is 6.92 Å². The van der Waals surface area contributed by atoms with Crippen LogP contribution in [0.2, 0.25) is 0 Å². The predicted molar refractivity (Wildman–Crippen MR) is 101 cm³/mol. The molecule has 3 rings (SSSR count). The summed E-state index contributed by atoms with van der Waals surface area (Å²) in [6, 6.07) is 7.52. The van der Waals surface area contributed by atoms with E-state index in [2.05, 4.69) is 5.16 Å². The monoisotopic (exact) mass is 374 g/mol. The summed E-state index contributed by atoms with van der Waals surface area (Å²) in [5.41, 5.74) is 1.92. The first-order valence-corrected chi connectivity index (χ1v) is 9.07. The molecule has 0 saturated heterocycles. The zero-order valence-electron chi connectivity index (χ0n) is 16.2. The number of rotatable bonds is 5. The van der Waals surface area contributed by atoms with E-state index in [0.717, 1.165) is 11.3 Å². The molecule has 0 aromatic heterocycles. The zero-order chi connectivity index (χ0) is 19.6. The minimum absolute atomic E-state index is 0.0570. The quantitative estimate of drug-likeness (QED) is 0.631. The molecule has 1 aliphatic heterocycles. The number of aliphatic hydroxyl groups excluding tert-OH is 1. The summed E-state index contributed by atoms with van der Waals surface area (Å²) >= 11 is 0. The Labute approximate surface area is 159 Å². The summed E-state index contributed by atoms with van der Waals surface area (Å²) < 4.78 is 5.19. The second kappa shape index (κ2) is 7.70. The predicted octanol–water partition coefficient (Wildman–Crippen LogP) is 3.35. The van der Waals surface area contributed by atoms with Gasteiger partial charge in [0.2, 0.25) is 0 Å². The Morgan fingerprint density at radius 2 is 1.89 bits per heavy atom. The second-order valence-corrected chi connectivity index (χ2v) is 6.92. The van der Waals surface area contributed by atoms with Crippen LogP contribution in [0.25, 0.3) is 5.57 Å². The van der Waals surface area contributed by atoms with Gasteiger partial charge in [-0.2, -0.15) is 0 Å². The Kier molecular flexibility index (Phi) is 5.53. The van der Waals surface area contributed by atoms with Crippen molar-refractivity contribution >= 4 is 17.2 Å². The summed E-state index contributed by atoms with van der Waals surface area (Å²) in [5.74, 6) is -0.292. The molecule has 1 unspecified atom stereocenters. The molecule has 146 valence electrons. The van der Waals surface area contributed by atoms with Crippen LogP contribution in [-0.2, 0) is 19.2 Å². The van der Waals surface area contributed by atoms with Gasteiger partial charge in [0.05, 0.1) is 11.3 Å². The Morgan fingerprint density at radius 3 is 2.48 bits per heavy atom. The highest BCUT2D eigenvalue weighted by atomic mass is 16.8. The third-order valence-corrected chi connectivity index (χ3v) is 5.34. The van der Waals surface area contributed by atoms with E-state index < -0.39 is 11.8 Å². The number of amides is 1.